The van der Waals surface area contributed by atoms with Crippen molar-refractivity contribution in [1.29, 1.82) is 0 Å². The summed E-state index contributed by atoms with van der Waals surface area (Å²) in [6.07, 6.45) is 6.26. The Balaban J connectivity index is 1.37. The van der Waals surface area contributed by atoms with E-state index in [1.165, 1.54) is 0 Å². The second-order valence-electron chi connectivity index (χ2n) is 6.48. The molecule has 1 aromatic heterocycles. The number of fused-ring (bicyclic) bond motifs is 1. The van der Waals surface area contributed by atoms with E-state index in [1.807, 2.05) is 35.2 Å². The third-order valence-electron chi connectivity index (χ3n) is 4.97. The number of hydrogen-bond acceptors (Lipinski definition) is 4. The van der Waals surface area contributed by atoms with Crippen LogP contribution in [0.25, 0.3) is 11.3 Å². The van der Waals surface area contributed by atoms with Crippen molar-refractivity contribution < 1.29 is 13.9 Å². The molecule has 1 saturated heterocycles. The molecule has 5 nitrogen and oxygen atoms in total. The molecule has 0 spiro atoms. The fraction of sp³-hybridized carbons (Fsp3) is 0.474. The maximum atomic E-state index is 12.6. The summed E-state index contributed by atoms with van der Waals surface area (Å²) in [5.74, 6) is 1.56. The summed E-state index contributed by atoms with van der Waals surface area (Å²) in [7, 11) is 0. The Labute approximate surface area is 141 Å². The predicted octanol–water partition coefficient (Wildman–Crippen LogP) is 3.05. The highest BCUT2D eigenvalue weighted by Gasteiger charge is 2.38. The molecule has 2 heterocycles. The second kappa shape index (κ2) is 6.77. The van der Waals surface area contributed by atoms with E-state index < -0.39 is 0 Å². The minimum atomic E-state index is 0.190. The Morgan fingerprint density at radius 2 is 2.12 bits per heavy atom. The van der Waals surface area contributed by atoms with Crippen LogP contribution in [-0.2, 0) is 16.0 Å². The molecule has 1 aliphatic carbocycles. The van der Waals surface area contributed by atoms with Crippen LogP contribution in [0.4, 0.5) is 0 Å². The van der Waals surface area contributed by atoms with Crippen LogP contribution in [0.2, 0.25) is 0 Å². The van der Waals surface area contributed by atoms with E-state index in [2.05, 4.69) is 4.98 Å². The van der Waals surface area contributed by atoms with Gasteiger partial charge in [0.15, 0.2) is 11.7 Å². The van der Waals surface area contributed by atoms with E-state index in [1.54, 1.807) is 6.20 Å². The molecule has 2 fully saturated rings. The van der Waals surface area contributed by atoms with Gasteiger partial charge in [0.05, 0.1) is 24.9 Å². The number of oxazole rings is 1. The first-order chi connectivity index (χ1) is 11.8. The molecular weight excluding hydrogens is 304 g/mol. The molecule has 0 radical (unpaired) electrons. The van der Waals surface area contributed by atoms with Crippen LogP contribution in [-0.4, -0.2) is 41.1 Å². The van der Waals surface area contributed by atoms with Gasteiger partial charge in [-0.05, 0) is 19.3 Å². The van der Waals surface area contributed by atoms with Crippen LogP contribution in [0, 0.1) is 0 Å². The van der Waals surface area contributed by atoms with Gasteiger partial charge in [0.1, 0.15) is 0 Å². The highest BCUT2D eigenvalue weighted by atomic mass is 16.5. The van der Waals surface area contributed by atoms with Crippen molar-refractivity contribution in [2.45, 2.75) is 44.2 Å². The standard InChI is InChI=1S/C19H22N2O3/c22-19(21-11-12-23-16-8-4-7-15(16)21)10-9-18-20-13-17(24-18)14-5-2-1-3-6-14/h1-3,5-6,13,15-16H,4,7-12H2/t15-,16+/m0/s1. The summed E-state index contributed by atoms with van der Waals surface area (Å²) in [5.41, 5.74) is 1.00. The maximum absolute atomic E-state index is 12.6. The predicted molar refractivity (Wildman–Crippen MR) is 89.4 cm³/mol. The van der Waals surface area contributed by atoms with Crippen molar-refractivity contribution in [1.82, 2.24) is 9.88 Å². The van der Waals surface area contributed by atoms with Crippen LogP contribution < -0.4 is 0 Å². The zero-order valence-corrected chi connectivity index (χ0v) is 13.7. The van der Waals surface area contributed by atoms with Crippen LogP contribution in [0.15, 0.2) is 40.9 Å². The van der Waals surface area contributed by atoms with Crippen LogP contribution >= 0.6 is 0 Å². The van der Waals surface area contributed by atoms with Gasteiger partial charge in [0.2, 0.25) is 5.91 Å². The monoisotopic (exact) mass is 326 g/mol. The highest BCUT2D eigenvalue weighted by molar-refractivity contribution is 5.77. The first-order valence-electron chi connectivity index (χ1n) is 8.72. The van der Waals surface area contributed by atoms with Gasteiger partial charge in [-0.3, -0.25) is 4.79 Å². The lowest BCUT2D eigenvalue weighted by atomic mass is 10.1. The molecule has 5 heteroatoms. The first kappa shape index (κ1) is 15.4. The Morgan fingerprint density at radius 1 is 1.25 bits per heavy atom. The summed E-state index contributed by atoms with van der Waals surface area (Å²) in [5, 5.41) is 0. The number of aryl methyl sites for hydroxylation is 1. The molecule has 1 saturated carbocycles. The quantitative estimate of drug-likeness (QED) is 0.866. The topological polar surface area (TPSA) is 55.6 Å². The lowest BCUT2D eigenvalue weighted by Gasteiger charge is -2.37. The fourth-order valence-electron chi connectivity index (χ4n) is 3.75. The van der Waals surface area contributed by atoms with Crippen molar-refractivity contribution in [3.05, 3.63) is 42.4 Å². The van der Waals surface area contributed by atoms with Crippen LogP contribution in [0.3, 0.4) is 0 Å². The molecule has 2 atom stereocenters. The van der Waals surface area contributed by atoms with E-state index >= 15 is 0 Å². The number of nitrogens with zero attached hydrogens (tertiary/aromatic N) is 2. The van der Waals surface area contributed by atoms with E-state index in [-0.39, 0.29) is 18.1 Å². The number of hydrogen-bond donors (Lipinski definition) is 0. The molecular formula is C19H22N2O3. The van der Waals surface area contributed by atoms with Crippen molar-refractivity contribution in [3.63, 3.8) is 0 Å². The average molecular weight is 326 g/mol. The smallest absolute Gasteiger partial charge is 0.223 e. The Bertz CT molecular complexity index is 698. The molecule has 4 rings (SSSR count). The van der Waals surface area contributed by atoms with Gasteiger partial charge in [0.25, 0.3) is 0 Å². The summed E-state index contributed by atoms with van der Waals surface area (Å²) < 4.78 is 11.6. The van der Waals surface area contributed by atoms with Crippen molar-refractivity contribution >= 4 is 5.91 Å². The summed E-state index contributed by atoms with van der Waals surface area (Å²) in [4.78, 5) is 18.9. The number of morpholine rings is 1. The average Bonchev–Trinajstić information content (AvgIpc) is 3.29. The summed E-state index contributed by atoms with van der Waals surface area (Å²) in [6.45, 7) is 1.37. The lowest BCUT2D eigenvalue weighted by molar-refractivity contribution is -0.144. The van der Waals surface area contributed by atoms with Gasteiger partial charge >= 0.3 is 0 Å². The van der Waals surface area contributed by atoms with Gasteiger partial charge in [-0.2, -0.15) is 0 Å². The van der Waals surface area contributed by atoms with E-state index in [0.29, 0.717) is 31.9 Å². The van der Waals surface area contributed by atoms with E-state index in [4.69, 9.17) is 9.15 Å². The van der Waals surface area contributed by atoms with Crippen LogP contribution in [0.1, 0.15) is 31.6 Å². The molecule has 1 aliphatic heterocycles. The van der Waals surface area contributed by atoms with E-state index in [9.17, 15) is 4.79 Å². The SMILES string of the molecule is O=C(CCc1ncc(-c2ccccc2)o1)N1CCO[C@@H]2CCC[C@@H]21. The van der Waals surface area contributed by atoms with Crippen molar-refractivity contribution in [3.8, 4) is 11.3 Å². The van der Waals surface area contributed by atoms with Gasteiger partial charge in [-0.15, -0.1) is 0 Å². The van der Waals surface area contributed by atoms with Gasteiger partial charge in [-0.25, -0.2) is 4.98 Å². The van der Waals surface area contributed by atoms with Crippen molar-refractivity contribution in [2.75, 3.05) is 13.2 Å². The van der Waals surface area contributed by atoms with E-state index in [0.717, 1.165) is 30.6 Å². The maximum Gasteiger partial charge on any atom is 0.223 e. The molecule has 2 aliphatic rings. The minimum Gasteiger partial charge on any atom is -0.441 e. The van der Waals surface area contributed by atoms with Gasteiger partial charge < -0.3 is 14.1 Å². The van der Waals surface area contributed by atoms with Crippen LogP contribution in [0.5, 0.6) is 0 Å². The molecule has 0 N–H and O–H groups in total. The first-order valence-corrected chi connectivity index (χ1v) is 8.72. The summed E-state index contributed by atoms with van der Waals surface area (Å²) >= 11 is 0. The number of rotatable bonds is 4. The normalized spacial score (nSPS) is 23.2. The minimum absolute atomic E-state index is 0.190. The number of carbonyl (C=O) groups excluding carboxylic acids is 1. The van der Waals surface area contributed by atoms with Gasteiger partial charge in [0, 0.05) is 24.9 Å². The molecule has 2 aromatic rings. The number of carbonyl (C=O) groups is 1. The molecule has 1 amide bonds. The zero-order chi connectivity index (χ0) is 16.4. The third-order valence-corrected chi connectivity index (χ3v) is 4.97. The van der Waals surface area contributed by atoms with Gasteiger partial charge in [-0.1, -0.05) is 30.3 Å². The Kier molecular flexibility index (Phi) is 4.34. The Hall–Kier alpha value is -2.14. The lowest BCUT2D eigenvalue weighted by Crippen LogP contribution is -2.51. The fourth-order valence-corrected chi connectivity index (χ4v) is 3.75. The number of benzene rings is 1. The molecule has 126 valence electrons. The largest absolute Gasteiger partial charge is 0.441 e. The summed E-state index contributed by atoms with van der Waals surface area (Å²) in [6, 6.07) is 10.2. The third kappa shape index (κ3) is 3.08. The Morgan fingerprint density at radius 3 is 3.00 bits per heavy atom. The molecule has 24 heavy (non-hydrogen) atoms. The molecule has 1 aromatic carbocycles. The molecule has 0 unspecified atom stereocenters. The van der Waals surface area contributed by atoms with Crippen molar-refractivity contribution in [2.24, 2.45) is 0 Å². The number of aromatic nitrogens is 1. The number of amides is 1. The molecule has 0 bridgehead atoms. The second-order valence-corrected chi connectivity index (χ2v) is 6.48. The number of ether oxygens (including phenoxy) is 1. The zero-order valence-electron chi connectivity index (χ0n) is 13.7. The highest BCUT2D eigenvalue weighted by Crippen LogP contribution is 2.30.